The SMILES string of the molecule is N#Cc1ccc(C2CCc3nc(N)sc32)cc1C#N. The Hall–Kier alpha value is -2.37. The third-order valence-electron chi connectivity index (χ3n) is 3.42. The van der Waals surface area contributed by atoms with Crippen LogP contribution >= 0.6 is 11.3 Å². The van der Waals surface area contributed by atoms with Crippen LogP contribution in [-0.4, -0.2) is 4.98 Å². The average molecular weight is 266 g/mol. The Balaban J connectivity index is 2.05. The number of fused-ring (bicyclic) bond motifs is 1. The Kier molecular flexibility index (Phi) is 2.70. The van der Waals surface area contributed by atoms with Gasteiger partial charge in [0.1, 0.15) is 12.1 Å². The molecular weight excluding hydrogens is 256 g/mol. The van der Waals surface area contributed by atoms with Crippen LogP contribution in [0.1, 0.15) is 39.6 Å². The number of hydrogen-bond donors (Lipinski definition) is 1. The van der Waals surface area contributed by atoms with Gasteiger partial charge in [-0.15, -0.1) is 11.3 Å². The fraction of sp³-hybridized carbons (Fsp3) is 0.214. The summed E-state index contributed by atoms with van der Waals surface area (Å²) >= 11 is 1.52. The molecule has 1 unspecified atom stereocenters. The van der Waals surface area contributed by atoms with Gasteiger partial charge in [-0.3, -0.25) is 0 Å². The molecule has 0 fully saturated rings. The van der Waals surface area contributed by atoms with Crippen LogP contribution < -0.4 is 5.73 Å². The second-order valence-electron chi connectivity index (χ2n) is 4.48. The first kappa shape index (κ1) is 11.7. The molecular formula is C14H10N4S. The summed E-state index contributed by atoms with van der Waals surface area (Å²) in [6.45, 7) is 0. The second kappa shape index (κ2) is 4.38. The van der Waals surface area contributed by atoms with Gasteiger partial charge in [-0.05, 0) is 30.5 Å². The molecule has 1 aliphatic rings. The standard InChI is InChI=1S/C14H10N4S/c15-6-9-2-1-8(5-10(9)7-16)11-3-4-12-13(11)19-14(17)18-12/h1-2,5,11H,3-4H2,(H2,17,18). The third kappa shape index (κ3) is 1.85. The van der Waals surface area contributed by atoms with E-state index < -0.39 is 0 Å². The van der Waals surface area contributed by atoms with Crippen LogP contribution in [0.4, 0.5) is 5.13 Å². The molecule has 1 aromatic heterocycles. The molecule has 0 aliphatic heterocycles. The number of benzene rings is 1. The van der Waals surface area contributed by atoms with E-state index in [-0.39, 0.29) is 5.92 Å². The van der Waals surface area contributed by atoms with Crippen molar-refractivity contribution in [2.75, 3.05) is 5.73 Å². The van der Waals surface area contributed by atoms with Crippen molar-refractivity contribution in [3.05, 3.63) is 45.5 Å². The van der Waals surface area contributed by atoms with E-state index in [0.717, 1.165) is 24.1 Å². The molecule has 1 atom stereocenters. The molecule has 0 saturated carbocycles. The Morgan fingerprint density at radius 3 is 2.79 bits per heavy atom. The van der Waals surface area contributed by atoms with Crippen LogP contribution in [0.5, 0.6) is 0 Å². The molecule has 2 N–H and O–H groups in total. The molecule has 1 aromatic carbocycles. The molecule has 1 heterocycles. The Bertz CT molecular complexity index is 733. The van der Waals surface area contributed by atoms with Crippen molar-refractivity contribution in [3.8, 4) is 12.1 Å². The number of hydrogen-bond acceptors (Lipinski definition) is 5. The van der Waals surface area contributed by atoms with Crippen LogP contribution in [-0.2, 0) is 6.42 Å². The van der Waals surface area contributed by atoms with E-state index in [4.69, 9.17) is 16.3 Å². The van der Waals surface area contributed by atoms with Gasteiger partial charge in [0.05, 0.1) is 16.8 Å². The van der Waals surface area contributed by atoms with E-state index in [1.807, 2.05) is 18.2 Å². The van der Waals surface area contributed by atoms with Crippen LogP contribution in [0.15, 0.2) is 18.2 Å². The van der Waals surface area contributed by atoms with Crippen molar-refractivity contribution >= 4 is 16.5 Å². The first-order valence-electron chi connectivity index (χ1n) is 5.92. The number of nitrogen functional groups attached to an aromatic ring is 1. The molecule has 0 amide bonds. The molecule has 92 valence electrons. The van der Waals surface area contributed by atoms with E-state index in [0.29, 0.717) is 16.3 Å². The summed E-state index contributed by atoms with van der Waals surface area (Å²) in [5, 5.41) is 18.6. The number of rotatable bonds is 1. The lowest BCUT2D eigenvalue weighted by atomic mass is 9.95. The van der Waals surface area contributed by atoms with Gasteiger partial charge in [0.2, 0.25) is 0 Å². The van der Waals surface area contributed by atoms with Crippen LogP contribution in [0, 0.1) is 22.7 Å². The summed E-state index contributed by atoms with van der Waals surface area (Å²) < 4.78 is 0. The normalized spacial score (nSPS) is 16.6. The van der Waals surface area contributed by atoms with Crippen molar-refractivity contribution in [1.82, 2.24) is 4.98 Å². The van der Waals surface area contributed by atoms with Crippen LogP contribution in [0.25, 0.3) is 0 Å². The number of aromatic nitrogens is 1. The average Bonchev–Trinajstić information content (AvgIpc) is 2.96. The molecule has 4 nitrogen and oxygen atoms in total. The number of anilines is 1. The zero-order chi connectivity index (χ0) is 13.4. The number of nitriles is 2. The molecule has 0 spiro atoms. The molecule has 1 aliphatic carbocycles. The predicted octanol–water partition coefficient (Wildman–Crippen LogP) is 2.55. The topological polar surface area (TPSA) is 86.5 Å². The van der Waals surface area contributed by atoms with Gasteiger partial charge < -0.3 is 5.73 Å². The van der Waals surface area contributed by atoms with Crippen molar-refractivity contribution in [2.24, 2.45) is 0 Å². The summed E-state index contributed by atoms with van der Waals surface area (Å²) in [5.74, 6) is 0.254. The maximum absolute atomic E-state index is 9.09. The van der Waals surface area contributed by atoms with E-state index in [9.17, 15) is 0 Å². The fourth-order valence-electron chi connectivity index (χ4n) is 2.53. The van der Waals surface area contributed by atoms with Gasteiger partial charge in [-0.1, -0.05) is 6.07 Å². The van der Waals surface area contributed by atoms with Crippen molar-refractivity contribution in [2.45, 2.75) is 18.8 Å². The predicted molar refractivity (Wildman–Crippen MR) is 72.6 cm³/mol. The largest absolute Gasteiger partial charge is 0.375 e. The van der Waals surface area contributed by atoms with Crippen molar-refractivity contribution < 1.29 is 0 Å². The molecule has 3 rings (SSSR count). The zero-order valence-corrected chi connectivity index (χ0v) is 10.9. The molecule has 0 saturated heterocycles. The van der Waals surface area contributed by atoms with Gasteiger partial charge in [-0.2, -0.15) is 10.5 Å². The quantitative estimate of drug-likeness (QED) is 0.859. The van der Waals surface area contributed by atoms with E-state index in [1.165, 1.54) is 16.2 Å². The van der Waals surface area contributed by atoms with Gasteiger partial charge in [0.25, 0.3) is 0 Å². The Labute approximate surface area is 114 Å². The number of thiazole rings is 1. The first-order valence-corrected chi connectivity index (χ1v) is 6.74. The highest BCUT2D eigenvalue weighted by Crippen LogP contribution is 2.42. The summed E-state index contributed by atoms with van der Waals surface area (Å²) in [4.78, 5) is 5.52. The molecule has 0 bridgehead atoms. The van der Waals surface area contributed by atoms with Crippen LogP contribution in [0.2, 0.25) is 0 Å². The van der Waals surface area contributed by atoms with E-state index >= 15 is 0 Å². The number of nitrogens with zero attached hydrogens (tertiary/aromatic N) is 3. The minimum absolute atomic E-state index is 0.254. The summed E-state index contributed by atoms with van der Waals surface area (Å²) in [5.41, 5.74) is 8.75. The fourth-order valence-corrected chi connectivity index (χ4v) is 3.58. The molecule has 2 aromatic rings. The lowest BCUT2D eigenvalue weighted by Gasteiger charge is -2.10. The monoisotopic (exact) mass is 266 g/mol. The van der Waals surface area contributed by atoms with Gasteiger partial charge in [0, 0.05) is 10.8 Å². The summed E-state index contributed by atoms with van der Waals surface area (Å²) in [6, 6.07) is 9.57. The number of nitrogens with two attached hydrogens (primary N) is 1. The first-order chi connectivity index (χ1) is 9.22. The summed E-state index contributed by atoms with van der Waals surface area (Å²) in [6.07, 6.45) is 1.92. The lowest BCUT2D eigenvalue weighted by Crippen LogP contribution is -1.96. The second-order valence-corrected chi connectivity index (χ2v) is 5.55. The minimum atomic E-state index is 0.254. The van der Waals surface area contributed by atoms with E-state index in [1.54, 1.807) is 6.07 Å². The van der Waals surface area contributed by atoms with Crippen molar-refractivity contribution in [1.29, 1.82) is 10.5 Å². The maximum Gasteiger partial charge on any atom is 0.180 e. The number of aryl methyl sites for hydroxylation is 1. The molecule has 5 heteroatoms. The summed E-state index contributed by atoms with van der Waals surface area (Å²) in [7, 11) is 0. The van der Waals surface area contributed by atoms with Crippen LogP contribution in [0.3, 0.4) is 0 Å². The van der Waals surface area contributed by atoms with Crippen molar-refractivity contribution in [3.63, 3.8) is 0 Å². The van der Waals surface area contributed by atoms with Gasteiger partial charge >= 0.3 is 0 Å². The zero-order valence-electron chi connectivity index (χ0n) is 10.1. The highest BCUT2D eigenvalue weighted by atomic mass is 32.1. The highest BCUT2D eigenvalue weighted by molar-refractivity contribution is 7.15. The highest BCUT2D eigenvalue weighted by Gasteiger charge is 2.28. The van der Waals surface area contributed by atoms with E-state index in [2.05, 4.69) is 11.1 Å². The lowest BCUT2D eigenvalue weighted by molar-refractivity contribution is 0.790. The minimum Gasteiger partial charge on any atom is -0.375 e. The smallest absolute Gasteiger partial charge is 0.180 e. The molecule has 0 radical (unpaired) electrons. The Morgan fingerprint density at radius 2 is 2.05 bits per heavy atom. The molecule has 19 heavy (non-hydrogen) atoms. The van der Waals surface area contributed by atoms with Gasteiger partial charge in [0.15, 0.2) is 5.13 Å². The van der Waals surface area contributed by atoms with Gasteiger partial charge in [-0.25, -0.2) is 4.98 Å². The third-order valence-corrected chi connectivity index (χ3v) is 4.46. The maximum atomic E-state index is 9.09. The Morgan fingerprint density at radius 1 is 1.26 bits per heavy atom.